The Morgan fingerprint density at radius 2 is 1.75 bits per heavy atom. The molecule has 1 unspecified atom stereocenters. The third-order valence-electron chi connectivity index (χ3n) is 2.44. The maximum atomic E-state index is 11.9. The van der Waals surface area contributed by atoms with Crippen LogP contribution in [0.2, 0.25) is 5.02 Å². The van der Waals surface area contributed by atoms with Crippen LogP contribution in [0.15, 0.2) is 29.2 Å². The van der Waals surface area contributed by atoms with Gasteiger partial charge in [-0.1, -0.05) is 25.4 Å². The maximum Gasteiger partial charge on any atom is 0.179 e. The predicted octanol–water partition coefficient (Wildman–Crippen LogP) is 2.10. The molecule has 0 radical (unpaired) electrons. The van der Waals surface area contributed by atoms with Crippen LogP contribution < -0.4 is 5.73 Å². The van der Waals surface area contributed by atoms with Gasteiger partial charge in [-0.2, -0.15) is 0 Å². The Labute approximate surface area is 102 Å². The number of sulfone groups is 1. The Hall–Kier alpha value is -0.580. The van der Waals surface area contributed by atoms with E-state index in [1.807, 2.05) is 13.8 Å². The molecule has 3 nitrogen and oxygen atoms in total. The summed E-state index contributed by atoms with van der Waals surface area (Å²) >= 11 is 5.70. The SMILES string of the molecule is CC(C)C(N)CS(=O)(=O)c1ccc(Cl)cc1. The van der Waals surface area contributed by atoms with Gasteiger partial charge in [0.15, 0.2) is 9.84 Å². The molecule has 0 spiro atoms. The molecule has 0 fully saturated rings. The molecule has 0 aliphatic heterocycles. The van der Waals surface area contributed by atoms with Gasteiger partial charge >= 0.3 is 0 Å². The number of nitrogens with two attached hydrogens (primary N) is 1. The number of rotatable bonds is 4. The summed E-state index contributed by atoms with van der Waals surface area (Å²) in [5.74, 6) is 0.105. The van der Waals surface area contributed by atoms with Crippen LogP contribution in [0.4, 0.5) is 0 Å². The molecule has 1 atom stereocenters. The minimum absolute atomic E-state index is 0.0354. The van der Waals surface area contributed by atoms with Gasteiger partial charge in [0.25, 0.3) is 0 Å². The largest absolute Gasteiger partial charge is 0.327 e. The van der Waals surface area contributed by atoms with E-state index in [0.717, 1.165) is 0 Å². The first-order valence-electron chi connectivity index (χ1n) is 5.07. The molecular formula is C11H16ClNO2S. The zero-order valence-electron chi connectivity index (χ0n) is 9.35. The molecule has 0 aromatic heterocycles. The van der Waals surface area contributed by atoms with E-state index >= 15 is 0 Å². The van der Waals surface area contributed by atoms with E-state index in [-0.39, 0.29) is 22.6 Å². The van der Waals surface area contributed by atoms with Gasteiger partial charge in [-0.15, -0.1) is 0 Å². The Balaban J connectivity index is 2.90. The molecule has 0 heterocycles. The molecule has 90 valence electrons. The first kappa shape index (κ1) is 13.5. The summed E-state index contributed by atoms with van der Waals surface area (Å²) in [6.07, 6.45) is 0. The summed E-state index contributed by atoms with van der Waals surface area (Å²) in [4.78, 5) is 0.271. The maximum absolute atomic E-state index is 11.9. The van der Waals surface area contributed by atoms with E-state index < -0.39 is 9.84 Å². The predicted molar refractivity (Wildman–Crippen MR) is 66.3 cm³/mol. The molecule has 1 rings (SSSR count). The fourth-order valence-corrected chi connectivity index (χ4v) is 2.94. The number of halogens is 1. The van der Waals surface area contributed by atoms with Crippen molar-refractivity contribution < 1.29 is 8.42 Å². The number of hydrogen-bond donors (Lipinski definition) is 1. The Kier molecular flexibility index (Phi) is 4.35. The summed E-state index contributed by atoms with van der Waals surface area (Å²) in [6, 6.07) is 5.79. The highest BCUT2D eigenvalue weighted by atomic mass is 35.5. The third-order valence-corrected chi connectivity index (χ3v) is 4.51. The van der Waals surface area contributed by atoms with Crippen molar-refractivity contribution >= 4 is 21.4 Å². The van der Waals surface area contributed by atoms with Crippen LogP contribution >= 0.6 is 11.6 Å². The molecule has 1 aromatic carbocycles. The zero-order valence-corrected chi connectivity index (χ0v) is 10.9. The molecule has 0 bridgehead atoms. The molecule has 2 N–H and O–H groups in total. The van der Waals surface area contributed by atoms with Crippen molar-refractivity contribution in [3.8, 4) is 0 Å². The van der Waals surface area contributed by atoms with Gasteiger partial charge in [-0.05, 0) is 30.2 Å². The topological polar surface area (TPSA) is 60.2 Å². The van der Waals surface area contributed by atoms with Crippen molar-refractivity contribution in [3.63, 3.8) is 0 Å². The molecule has 5 heteroatoms. The van der Waals surface area contributed by atoms with Crippen LogP contribution in [-0.2, 0) is 9.84 Å². The van der Waals surface area contributed by atoms with Crippen LogP contribution in [0.1, 0.15) is 13.8 Å². The second kappa shape index (κ2) is 5.17. The van der Waals surface area contributed by atoms with Crippen LogP contribution in [0.25, 0.3) is 0 Å². The lowest BCUT2D eigenvalue weighted by Gasteiger charge is -2.15. The average Bonchev–Trinajstić information content (AvgIpc) is 2.17. The fourth-order valence-electron chi connectivity index (χ4n) is 1.18. The highest BCUT2D eigenvalue weighted by Gasteiger charge is 2.20. The Bertz CT molecular complexity index is 440. The highest BCUT2D eigenvalue weighted by molar-refractivity contribution is 7.91. The second-order valence-corrected chi connectivity index (χ2v) is 6.61. The fraction of sp³-hybridized carbons (Fsp3) is 0.455. The molecular weight excluding hydrogens is 246 g/mol. The van der Waals surface area contributed by atoms with Crippen molar-refractivity contribution in [1.29, 1.82) is 0 Å². The monoisotopic (exact) mass is 261 g/mol. The third kappa shape index (κ3) is 3.47. The van der Waals surface area contributed by atoms with Crippen LogP contribution in [0, 0.1) is 5.92 Å². The first-order valence-corrected chi connectivity index (χ1v) is 7.10. The van der Waals surface area contributed by atoms with Gasteiger partial charge < -0.3 is 5.73 Å². The molecule has 1 aromatic rings. The van der Waals surface area contributed by atoms with Crippen LogP contribution in [-0.4, -0.2) is 20.2 Å². The smallest absolute Gasteiger partial charge is 0.179 e. The standard InChI is InChI=1S/C11H16ClNO2S/c1-8(2)11(13)7-16(14,15)10-5-3-9(12)4-6-10/h3-6,8,11H,7,13H2,1-2H3. The van der Waals surface area contributed by atoms with Crippen LogP contribution in [0.5, 0.6) is 0 Å². The van der Waals surface area contributed by atoms with E-state index in [1.54, 1.807) is 12.1 Å². The minimum atomic E-state index is -3.30. The lowest BCUT2D eigenvalue weighted by molar-refractivity contribution is 0.516. The molecule has 0 aliphatic carbocycles. The molecule has 0 saturated heterocycles. The summed E-state index contributed by atoms with van der Waals surface area (Å²) in [5.41, 5.74) is 5.76. The van der Waals surface area contributed by atoms with Gasteiger partial charge in [0, 0.05) is 11.1 Å². The van der Waals surface area contributed by atoms with Crippen molar-refractivity contribution in [3.05, 3.63) is 29.3 Å². The summed E-state index contributed by atoms with van der Waals surface area (Å²) in [7, 11) is -3.30. The van der Waals surface area contributed by atoms with E-state index in [4.69, 9.17) is 17.3 Å². The van der Waals surface area contributed by atoms with Gasteiger partial charge in [-0.3, -0.25) is 0 Å². The second-order valence-electron chi connectivity index (χ2n) is 4.14. The summed E-state index contributed by atoms with van der Waals surface area (Å²) < 4.78 is 23.9. The number of hydrogen-bond acceptors (Lipinski definition) is 3. The van der Waals surface area contributed by atoms with E-state index in [0.29, 0.717) is 5.02 Å². The van der Waals surface area contributed by atoms with E-state index in [2.05, 4.69) is 0 Å². The average molecular weight is 262 g/mol. The van der Waals surface area contributed by atoms with Gasteiger partial charge in [0.05, 0.1) is 10.6 Å². The van der Waals surface area contributed by atoms with E-state index in [9.17, 15) is 8.42 Å². The van der Waals surface area contributed by atoms with Crippen molar-refractivity contribution in [2.45, 2.75) is 24.8 Å². The quantitative estimate of drug-likeness (QED) is 0.903. The Morgan fingerprint density at radius 3 is 2.19 bits per heavy atom. The number of benzene rings is 1. The van der Waals surface area contributed by atoms with E-state index in [1.165, 1.54) is 12.1 Å². The van der Waals surface area contributed by atoms with Gasteiger partial charge in [0.2, 0.25) is 0 Å². The van der Waals surface area contributed by atoms with Crippen molar-refractivity contribution in [1.82, 2.24) is 0 Å². The molecule has 0 saturated carbocycles. The Morgan fingerprint density at radius 1 is 1.25 bits per heavy atom. The van der Waals surface area contributed by atoms with Gasteiger partial charge in [0.1, 0.15) is 0 Å². The molecule has 0 amide bonds. The van der Waals surface area contributed by atoms with Crippen LogP contribution in [0.3, 0.4) is 0 Å². The molecule has 0 aliphatic rings. The summed E-state index contributed by atoms with van der Waals surface area (Å²) in [5, 5.41) is 0.520. The van der Waals surface area contributed by atoms with Gasteiger partial charge in [-0.25, -0.2) is 8.42 Å². The zero-order chi connectivity index (χ0) is 12.3. The summed E-state index contributed by atoms with van der Waals surface area (Å²) in [6.45, 7) is 3.81. The van der Waals surface area contributed by atoms with Crippen molar-refractivity contribution in [2.24, 2.45) is 11.7 Å². The molecule has 16 heavy (non-hydrogen) atoms. The normalized spacial score (nSPS) is 14.1. The minimum Gasteiger partial charge on any atom is -0.327 e. The lowest BCUT2D eigenvalue weighted by Crippen LogP contribution is -2.34. The first-order chi connectivity index (χ1) is 7.33. The van der Waals surface area contributed by atoms with Crippen molar-refractivity contribution in [2.75, 3.05) is 5.75 Å². The highest BCUT2D eigenvalue weighted by Crippen LogP contribution is 2.17. The lowest BCUT2D eigenvalue weighted by atomic mass is 10.1.